The van der Waals surface area contributed by atoms with Crippen LogP contribution in [0.5, 0.6) is 0 Å². The third-order valence-electron chi connectivity index (χ3n) is 4.05. The first kappa shape index (κ1) is 13.2. The molecule has 1 saturated heterocycles. The van der Waals surface area contributed by atoms with Crippen molar-refractivity contribution in [3.8, 4) is 0 Å². The number of rotatable bonds is 1. The van der Waals surface area contributed by atoms with Crippen molar-refractivity contribution in [2.75, 3.05) is 33.2 Å². The molecular formula is C13H24N4O. The summed E-state index contributed by atoms with van der Waals surface area (Å²) < 4.78 is 0. The van der Waals surface area contributed by atoms with Crippen molar-refractivity contribution in [3.05, 3.63) is 0 Å². The van der Waals surface area contributed by atoms with Gasteiger partial charge in [0.15, 0.2) is 5.96 Å². The van der Waals surface area contributed by atoms with E-state index in [-0.39, 0.29) is 5.91 Å². The van der Waals surface area contributed by atoms with Crippen LogP contribution < -0.4 is 5.32 Å². The molecule has 0 bridgehead atoms. The van der Waals surface area contributed by atoms with E-state index >= 15 is 0 Å². The monoisotopic (exact) mass is 252 g/mol. The molecule has 2 fully saturated rings. The van der Waals surface area contributed by atoms with Gasteiger partial charge in [-0.05, 0) is 11.8 Å². The van der Waals surface area contributed by atoms with E-state index in [0.717, 1.165) is 32.1 Å². The fourth-order valence-electron chi connectivity index (χ4n) is 2.40. The van der Waals surface area contributed by atoms with Crippen LogP contribution in [0.1, 0.15) is 27.2 Å². The predicted octanol–water partition coefficient (Wildman–Crippen LogP) is 0.524. The molecule has 2 aliphatic rings. The Kier molecular flexibility index (Phi) is 3.50. The first-order valence-electron chi connectivity index (χ1n) is 6.68. The van der Waals surface area contributed by atoms with Gasteiger partial charge in [-0.2, -0.15) is 0 Å². The maximum absolute atomic E-state index is 11.3. The number of aliphatic imine (C=N–C) groups is 1. The molecule has 5 heteroatoms. The van der Waals surface area contributed by atoms with E-state index in [2.05, 4.69) is 29.1 Å². The summed E-state index contributed by atoms with van der Waals surface area (Å²) >= 11 is 0. The summed E-state index contributed by atoms with van der Waals surface area (Å²) in [5.74, 6) is 1.15. The Labute approximate surface area is 109 Å². The molecule has 5 nitrogen and oxygen atoms in total. The standard InChI is InChI=1S/C13H24N4O/c1-10(18)16-5-7-17(8-6-16)12(14-4)15-11-9-13(11,2)3/h11H,5-9H2,1-4H3,(H,14,15). The zero-order valence-electron chi connectivity index (χ0n) is 11.9. The number of nitrogens with one attached hydrogen (secondary N) is 1. The number of hydrogen-bond acceptors (Lipinski definition) is 2. The van der Waals surface area contributed by atoms with E-state index in [1.807, 2.05) is 11.9 Å². The highest BCUT2D eigenvalue weighted by Gasteiger charge is 2.46. The summed E-state index contributed by atoms with van der Waals surface area (Å²) in [4.78, 5) is 19.8. The molecule has 1 heterocycles. The first-order chi connectivity index (χ1) is 8.44. The number of piperazine rings is 1. The van der Waals surface area contributed by atoms with Crippen LogP contribution in [0.15, 0.2) is 4.99 Å². The number of nitrogens with zero attached hydrogens (tertiary/aromatic N) is 3. The summed E-state index contributed by atoms with van der Waals surface area (Å²) in [6, 6.07) is 0.544. The van der Waals surface area contributed by atoms with Gasteiger partial charge in [-0.1, -0.05) is 13.8 Å². The first-order valence-corrected chi connectivity index (χ1v) is 6.68. The Morgan fingerprint density at radius 3 is 2.11 bits per heavy atom. The quantitative estimate of drug-likeness (QED) is 0.547. The summed E-state index contributed by atoms with van der Waals surface area (Å²) in [5, 5.41) is 3.52. The lowest BCUT2D eigenvalue weighted by Gasteiger charge is -2.36. The van der Waals surface area contributed by atoms with E-state index in [9.17, 15) is 4.79 Å². The van der Waals surface area contributed by atoms with Crippen molar-refractivity contribution in [1.29, 1.82) is 0 Å². The smallest absolute Gasteiger partial charge is 0.219 e. The Morgan fingerprint density at radius 1 is 1.22 bits per heavy atom. The van der Waals surface area contributed by atoms with E-state index in [4.69, 9.17) is 0 Å². The Morgan fingerprint density at radius 2 is 1.72 bits per heavy atom. The minimum absolute atomic E-state index is 0.168. The molecule has 1 unspecified atom stereocenters. The van der Waals surface area contributed by atoms with Crippen LogP contribution in [0.25, 0.3) is 0 Å². The van der Waals surface area contributed by atoms with Gasteiger partial charge in [-0.25, -0.2) is 0 Å². The van der Waals surface area contributed by atoms with Gasteiger partial charge in [0.1, 0.15) is 0 Å². The molecule has 0 spiro atoms. The Bertz CT molecular complexity index is 356. The molecule has 0 aromatic heterocycles. The number of amides is 1. The molecule has 1 atom stereocenters. The highest BCUT2D eigenvalue weighted by molar-refractivity contribution is 5.81. The van der Waals surface area contributed by atoms with Crippen molar-refractivity contribution in [3.63, 3.8) is 0 Å². The number of guanidine groups is 1. The molecule has 102 valence electrons. The Hall–Kier alpha value is -1.26. The topological polar surface area (TPSA) is 47.9 Å². The lowest BCUT2D eigenvalue weighted by molar-refractivity contribution is -0.130. The molecule has 18 heavy (non-hydrogen) atoms. The largest absolute Gasteiger partial charge is 0.353 e. The summed E-state index contributed by atoms with van der Waals surface area (Å²) in [6.07, 6.45) is 1.21. The van der Waals surface area contributed by atoms with E-state index < -0.39 is 0 Å². The highest BCUT2D eigenvalue weighted by atomic mass is 16.2. The molecule has 1 aliphatic carbocycles. The molecule has 0 aromatic rings. The van der Waals surface area contributed by atoms with Crippen LogP contribution >= 0.6 is 0 Å². The molecule has 1 aliphatic heterocycles. The lowest BCUT2D eigenvalue weighted by atomic mass is 10.2. The third kappa shape index (κ3) is 2.76. The predicted molar refractivity (Wildman–Crippen MR) is 72.5 cm³/mol. The SMILES string of the molecule is CN=C(NC1CC1(C)C)N1CCN(C(C)=O)CC1. The van der Waals surface area contributed by atoms with Crippen molar-refractivity contribution in [2.45, 2.75) is 33.2 Å². The number of carbonyl (C=O) groups excluding carboxylic acids is 1. The van der Waals surface area contributed by atoms with Crippen LogP contribution in [-0.4, -0.2) is 60.9 Å². The van der Waals surface area contributed by atoms with Crippen LogP contribution in [0.4, 0.5) is 0 Å². The van der Waals surface area contributed by atoms with Gasteiger partial charge >= 0.3 is 0 Å². The van der Waals surface area contributed by atoms with Crippen molar-refractivity contribution < 1.29 is 4.79 Å². The van der Waals surface area contributed by atoms with Gasteiger partial charge in [0.2, 0.25) is 5.91 Å². The fraction of sp³-hybridized carbons (Fsp3) is 0.846. The molecule has 1 N–H and O–H groups in total. The van der Waals surface area contributed by atoms with Gasteiger partial charge in [-0.15, -0.1) is 0 Å². The third-order valence-corrected chi connectivity index (χ3v) is 4.05. The second kappa shape index (κ2) is 4.78. The normalized spacial score (nSPS) is 27.1. The average Bonchev–Trinajstić information content (AvgIpc) is 2.94. The number of hydrogen-bond donors (Lipinski definition) is 1. The number of carbonyl (C=O) groups is 1. The summed E-state index contributed by atoms with van der Waals surface area (Å²) in [5.41, 5.74) is 0.400. The van der Waals surface area contributed by atoms with Gasteiger partial charge in [0.05, 0.1) is 0 Å². The molecule has 0 radical (unpaired) electrons. The molecule has 1 saturated carbocycles. The van der Waals surface area contributed by atoms with Crippen molar-refractivity contribution >= 4 is 11.9 Å². The van der Waals surface area contributed by atoms with Crippen LogP contribution in [-0.2, 0) is 4.79 Å². The second-order valence-electron chi connectivity index (χ2n) is 5.93. The second-order valence-corrected chi connectivity index (χ2v) is 5.93. The Balaban J connectivity index is 1.86. The minimum Gasteiger partial charge on any atom is -0.353 e. The van der Waals surface area contributed by atoms with E-state index in [1.165, 1.54) is 6.42 Å². The van der Waals surface area contributed by atoms with Crippen LogP contribution in [0.3, 0.4) is 0 Å². The lowest BCUT2D eigenvalue weighted by Crippen LogP contribution is -2.54. The maximum atomic E-state index is 11.3. The minimum atomic E-state index is 0.168. The van der Waals surface area contributed by atoms with E-state index in [1.54, 1.807) is 6.92 Å². The summed E-state index contributed by atoms with van der Waals surface area (Å²) in [7, 11) is 1.83. The van der Waals surface area contributed by atoms with Crippen molar-refractivity contribution in [1.82, 2.24) is 15.1 Å². The van der Waals surface area contributed by atoms with Crippen LogP contribution in [0.2, 0.25) is 0 Å². The zero-order valence-corrected chi connectivity index (χ0v) is 11.9. The zero-order chi connectivity index (χ0) is 13.3. The van der Waals surface area contributed by atoms with E-state index in [0.29, 0.717) is 11.5 Å². The molecule has 1 amide bonds. The average molecular weight is 252 g/mol. The van der Waals surface area contributed by atoms with Crippen molar-refractivity contribution in [2.24, 2.45) is 10.4 Å². The van der Waals surface area contributed by atoms with Gasteiger partial charge in [-0.3, -0.25) is 9.79 Å². The molecule has 0 aromatic carbocycles. The van der Waals surface area contributed by atoms with Gasteiger partial charge in [0, 0.05) is 46.2 Å². The highest BCUT2D eigenvalue weighted by Crippen LogP contribution is 2.44. The summed E-state index contributed by atoms with van der Waals surface area (Å²) in [6.45, 7) is 9.50. The maximum Gasteiger partial charge on any atom is 0.219 e. The van der Waals surface area contributed by atoms with Gasteiger partial charge in [0.25, 0.3) is 0 Å². The molecular weight excluding hydrogens is 228 g/mol. The van der Waals surface area contributed by atoms with Crippen LogP contribution in [0, 0.1) is 5.41 Å². The van der Waals surface area contributed by atoms with Gasteiger partial charge < -0.3 is 15.1 Å². The fourth-order valence-corrected chi connectivity index (χ4v) is 2.40. The molecule has 2 rings (SSSR count).